The van der Waals surface area contributed by atoms with Gasteiger partial charge in [0.2, 0.25) is 0 Å². The van der Waals surface area contributed by atoms with Gasteiger partial charge in [-0.15, -0.1) is 11.3 Å². The summed E-state index contributed by atoms with van der Waals surface area (Å²) in [7, 11) is 0. The van der Waals surface area contributed by atoms with E-state index >= 15 is 0 Å². The highest BCUT2D eigenvalue weighted by atomic mass is 32.1. The minimum Gasteiger partial charge on any atom is -0.306 e. The first-order valence-electron chi connectivity index (χ1n) is 4.01. The largest absolute Gasteiger partial charge is 0.333 e. The molecule has 0 aromatic carbocycles. The van der Waals surface area contributed by atoms with Gasteiger partial charge in [-0.25, -0.2) is 9.36 Å². The molecule has 2 rings (SSSR count). The Morgan fingerprint density at radius 3 is 2.93 bits per heavy atom. The van der Waals surface area contributed by atoms with Gasteiger partial charge < -0.3 is 4.98 Å². The summed E-state index contributed by atoms with van der Waals surface area (Å²) in [6, 6.07) is 1.79. The monoisotopic (exact) mass is 208 g/mol. The molecular weight excluding hydrogens is 200 g/mol. The molecule has 0 radical (unpaired) electrons. The van der Waals surface area contributed by atoms with Crippen molar-refractivity contribution >= 4 is 27.8 Å². The first-order valence-corrected chi connectivity index (χ1v) is 4.82. The van der Waals surface area contributed by atoms with Crippen molar-refractivity contribution in [2.45, 2.75) is 6.92 Å². The number of aromatic amines is 1. The zero-order valence-corrected chi connectivity index (χ0v) is 8.35. The molecule has 0 saturated heterocycles. The highest BCUT2D eigenvalue weighted by Gasteiger charge is 2.07. The Hall–Kier alpha value is -1.62. The fourth-order valence-corrected chi connectivity index (χ4v) is 2.21. The van der Waals surface area contributed by atoms with Crippen molar-refractivity contribution in [1.29, 1.82) is 0 Å². The van der Waals surface area contributed by atoms with E-state index in [0.717, 1.165) is 9.44 Å². The van der Waals surface area contributed by atoms with Crippen molar-refractivity contribution in [3.8, 4) is 0 Å². The van der Waals surface area contributed by atoms with Crippen LogP contribution in [-0.2, 0) is 0 Å². The standard InChI is InChI=1S/C9H8N2O2S/c1-3-11-8(12)7-6(10-9(11)13)4-5(2)14-7/h3-4H,1H2,2H3,(H,10,13). The van der Waals surface area contributed by atoms with Gasteiger partial charge in [-0.3, -0.25) is 4.79 Å². The maximum atomic E-state index is 11.7. The summed E-state index contributed by atoms with van der Waals surface area (Å²) in [5, 5.41) is 0. The second-order valence-corrected chi connectivity index (χ2v) is 4.14. The van der Waals surface area contributed by atoms with Crippen LogP contribution in [0.25, 0.3) is 16.4 Å². The van der Waals surface area contributed by atoms with Crippen molar-refractivity contribution in [1.82, 2.24) is 9.55 Å². The number of thiophene rings is 1. The molecule has 0 saturated carbocycles. The van der Waals surface area contributed by atoms with Crippen LogP contribution in [0.2, 0.25) is 0 Å². The summed E-state index contributed by atoms with van der Waals surface area (Å²) < 4.78 is 1.53. The summed E-state index contributed by atoms with van der Waals surface area (Å²) in [6.45, 7) is 5.30. The molecule has 0 aliphatic rings. The van der Waals surface area contributed by atoms with E-state index in [2.05, 4.69) is 11.6 Å². The average molecular weight is 208 g/mol. The van der Waals surface area contributed by atoms with Crippen molar-refractivity contribution in [3.05, 3.63) is 38.4 Å². The fourth-order valence-electron chi connectivity index (χ4n) is 1.31. The van der Waals surface area contributed by atoms with Gasteiger partial charge in [0.15, 0.2) is 0 Å². The Morgan fingerprint density at radius 2 is 2.29 bits per heavy atom. The molecule has 0 fully saturated rings. The maximum absolute atomic E-state index is 11.7. The van der Waals surface area contributed by atoms with Gasteiger partial charge in [-0.05, 0) is 13.0 Å². The average Bonchev–Trinajstić information content (AvgIpc) is 2.47. The summed E-state index contributed by atoms with van der Waals surface area (Å²) in [4.78, 5) is 26.6. The summed E-state index contributed by atoms with van der Waals surface area (Å²) in [5.41, 5.74) is -0.159. The van der Waals surface area contributed by atoms with E-state index in [0.29, 0.717) is 10.2 Å². The predicted molar refractivity (Wildman–Crippen MR) is 57.8 cm³/mol. The lowest BCUT2D eigenvalue weighted by atomic mass is 10.4. The van der Waals surface area contributed by atoms with Crippen LogP contribution in [0.4, 0.5) is 0 Å². The number of hydrogen-bond acceptors (Lipinski definition) is 3. The summed E-state index contributed by atoms with van der Waals surface area (Å²) in [5.74, 6) is 0. The van der Waals surface area contributed by atoms with Crippen LogP contribution < -0.4 is 11.2 Å². The SMILES string of the molecule is C=Cn1c(=O)[nH]c2cc(C)sc2c1=O. The molecule has 14 heavy (non-hydrogen) atoms. The molecule has 0 aliphatic carbocycles. The second-order valence-electron chi connectivity index (χ2n) is 2.89. The Morgan fingerprint density at radius 1 is 1.57 bits per heavy atom. The van der Waals surface area contributed by atoms with E-state index in [4.69, 9.17) is 0 Å². The maximum Gasteiger partial charge on any atom is 0.333 e. The number of rotatable bonds is 1. The summed E-state index contributed by atoms with van der Waals surface area (Å²) >= 11 is 1.37. The smallest absolute Gasteiger partial charge is 0.306 e. The molecule has 2 heterocycles. The molecule has 0 bridgehead atoms. The second kappa shape index (κ2) is 2.95. The Bertz CT molecular complexity index is 618. The molecule has 5 heteroatoms. The van der Waals surface area contributed by atoms with E-state index in [1.165, 1.54) is 17.5 Å². The van der Waals surface area contributed by atoms with Gasteiger partial charge in [0.1, 0.15) is 4.70 Å². The van der Waals surface area contributed by atoms with Gasteiger partial charge in [-0.2, -0.15) is 0 Å². The number of hydrogen-bond donors (Lipinski definition) is 1. The van der Waals surface area contributed by atoms with Gasteiger partial charge >= 0.3 is 5.69 Å². The quantitative estimate of drug-likeness (QED) is 0.764. The normalized spacial score (nSPS) is 10.6. The minimum atomic E-state index is -0.449. The lowest BCUT2D eigenvalue weighted by molar-refractivity contribution is 0.957. The topological polar surface area (TPSA) is 54.9 Å². The Kier molecular flexibility index (Phi) is 1.89. The predicted octanol–water partition coefficient (Wildman–Crippen LogP) is 1.16. The molecule has 0 unspecified atom stereocenters. The number of nitrogens with one attached hydrogen (secondary N) is 1. The zero-order valence-electron chi connectivity index (χ0n) is 7.53. The molecule has 4 nitrogen and oxygen atoms in total. The zero-order chi connectivity index (χ0) is 10.3. The number of H-pyrrole nitrogens is 1. The van der Waals surface area contributed by atoms with Crippen molar-refractivity contribution < 1.29 is 0 Å². The first kappa shape index (κ1) is 8.96. The van der Waals surface area contributed by atoms with E-state index in [-0.39, 0.29) is 5.56 Å². The first-order chi connectivity index (χ1) is 6.63. The third kappa shape index (κ3) is 1.13. The van der Waals surface area contributed by atoms with E-state index in [1.54, 1.807) is 6.07 Å². The van der Waals surface area contributed by atoms with Crippen molar-refractivity contribution in [2.75, 3.05) is 0 Å². The van der Waals surface area contributed by atoms with Crippen molar-refractivity contribution in [2.24, 2.45) is 0 Å². The number of aromatic nitrogens is 2. The van der Waals surface area contributed by atoms with Crippen LogP contribution in [-0.4, -0.2) is 9.55 Å². The fraction of sp³-hybridized carbons (Fsp3) is 0.111. The number of fused-ring (bicyclic) bond motifs is 1. The van der Waals surface area contributed by atoms with Gasteiger partial charge in [0, 0.05) is 11.1 Å². The lowest BCUT2D eigenvalue weighted by Gasteiger charge is -1.95. The molecule has 0 atom stereocenters. The highest BCUT2D eigenvalue weighted by molar-refractivity contribution is 7.18. The molecular formula is C9H8N2O2S. The third-order valence-electron chi connectivity index (χ3n) is 1.91. The van der Waals surface area contributed by atoms with Crippen LogP contribution in [0.5, 0.6) is 0 Å². The molecule has 0 spiro atoms. The van der Waals surface area contributed by atoms with Crippen LogP contribution in [0, 0.1) is 6.92 Å². The van der Waals surface area contributed by atoms with E-state index in [1.807, 2.05) is 6.92 Å². The molecule has 1 N–H and O–H groups in total. The lowest BCUT2D eigenvalue weighted by Crippen LogP contribution is -2.30. The molecule has 2 aromatic heterocycles. The third-order valence-corrected chi connectivity index (χ3v) is 2.95. The molecule has 0 amide bonds. The van der Waals surface area contributed by atoms with Crippen LogP contribution in [0.1, 0.15) is 4.88 Å². The summed E-state index contributed by atoms with van der Waals surface area (Å²) in [6.07, 6.45) is 1.22. The van der Waals surface area contributed by atoms with Gasteiger partial charge in [0.25, 0.3) is 5.56 Å². The van der Waals surface area contributed by atoms with Crippen LogP contribution in [0.15, 0.2) is 22.2 Å². The number of aryl methyl sites for hydroxylation is 1. The minimum absolute atomic E-state index is 0.308. The Balaban J connectivity index is 3.07. The number of nitrogens with zero attached hydrogens (tertiary/aromatic N) is 1. The van der Waals surface area contributed by atoms with E-state index in [9.17, 15) is 9.59 Å². The van der Waals surface area contributed by atoms with Crippen LogP contribution in [0.3, 0.4) is 0 Å². The molecule has 2 aromatic rings. The highest BCUT2D eigenvalue weighted by Crippen LogP contribution is 2.18. The van der Waals surface area contributed by atoms with E-state index < -0.39 is 5.69 Å². The van der Waals surface area contributed by atoms with Crippen molar-refractivity contribution in [3.63, 3.8) is 0 Å². The van der Waals surface area contributed by atoms with Crippen LogP contribution >= 0.6 is 11.3 Å². The Labute approximate surface area is 83.1 Å². The van der Waals surface area contributed by atoms with Gasteiger partial charge in [0.05, 0.1) is 5.52 Å². The molecule has 0 aliphatic heterocycles. The van der Waals surface area contributed by atoms with Gasteiger partial charge in [-0.1, -0.05) is 6.58 Å². The molecule has 72 valence electrons.